The maximum Gasteiger partial charge on any atom is 0.307 e. The van der Waals surface area contributed by atoms with Crippen LogP contribution < -0.4 is 0 Å². The topological polar surface area (TPSA) is 46.6 Å². The molecule has 1 aromatic carbocycles. The molecule has 0 aliphatic carbocycles. The molecule has 1 rings (SSSR count). The zero-order chi connectivity index (χ0) is 14.4. The number of carbonyl (C=O) groups is 2. The molecule has 0 saturated heterocycles. The third-order valence-corrected chi connectivity index (χ3v) is 2.97. The molecular weight excluding hydrogens is 266 g/mol. The molecule has 0 aliphatic heterocycles. The van der Waals surface area contributed by atoms with Gasteiger partial charge in [0.1, 0.15) is 0 Å². The fraction of sp³-hybridized carbons (Fsp3) is 0.429. The number of esters is 1. The first kappa shape index (κ1) is 15.5. The third kappa shape index (κ3) is 4.56. The highest BCUT2D eigenvalue weighted by atomic mass is 35.5. The number of ether oxygens (including phenoxy) is 1. The normalized spacial score (nSPS) is 10.1. The minimum atomic E-state index is -0.301. The Balaban J connectivity index is 2.66. The van der Waals surface area contributed by atoms with Crippen LogP contribution in [0.2, 0.25) is 5.02 Å². The van der Waals surface area contributed by atoms with E-state index in [1.54, 1.807) is 32.2 Å². The van der Waals surface area contributed by atoms with Gasteiger partial charge in [0.25, 0.3) is 5.91 Å². The average Bonchev–Trinajstić information content (AvgIpc) is 2.38. The predicted molar refractivity (Wildman–Crippen MR) is 74.4 cm³/mol. The van der Waals surface area contributed by atoms with Crippen molar-refractivity contribution in [2.45, 2.75) is 20.3 Å². The SMILES string of the molecule is CCOC(=O)CCN(C)C(=O)c1cc(Cl)ccc1C. The molecule has 5 heteroatoms. The summed E-state index contributed by atoms with van der Waals surface area (Å²) in [7, 11) is 1.65. The number of carbonyl (C=O) groups excluding carboxylic acids is 2. The van der Waals surface area contributed by atoms with Crippen LogP contribution in [0.15, 0.2) is 18.2 Å². The lowest BCUT2D eigenvalue weighted by atomic mass is 10.1. The fourth-order valence-corrected chi connectivity index (χ4v) is 1.80. The van der Waals surface area contributed by atoms with Crippen LogP contribution >= 0.6 is 11.6 Å². The molecule has 0 aliphatic rings. The molecule has 0 N–H and O–H groups in total. The maximum absolute atomic E-state index is 12.2. The third-order valence-electron chi connectivity index (χ3n) is 2.73. The van der Waals surface area contributed by atoms with Crippen molar-refractivity contribution in [3.63, 3.8) is 0 Å². The van der Waals surface area contributed by atoms with Crippen LogP contribution in [0, 0.1) is 6.92 Å². The molecular formula is C14H18ClNO3. The largest absolute Gasteiger partial charge is 0.466 e. The maximum atomic E-state index is 12.2. The second-order valence-corrected chi connectivity index (χ2v) is 4.68. The molecule has 0 heterocycles. The molecule has 0 aromatic heterocycles. The van der Waals surface area contributed by atoms with Gasteiger partial charge in [-0.05, 0) is 31.5 Å². The number of nitrogens with zero attached hydrogens (tertiary/aromatic N) is 1. The Morgan fingerprint density at radius 3 is 2.68 bits per heavy atom. The van der Waals surface area contributed by atoms with Gasteiger partial charge in [0.2, 0.25) is 0 Å². The number of benzene rings is 1. The van der Waals surface area contributed by atoms with Gasteiger partial charge in [-0.15, -0.1) is 0 Å². The summed E-state index contributed by atoms with van der Waals surface area (Å²) in [5.41, 5.74) is 1.41. The van der Waals surface area contributed by atoms with E-state index in [1.165, 1.54) is 4.90 Å². The zero-order valence-corrected chi connectivity index (χ0v) is 12.2. The summed E-state index contributed by atoms with van der Waals surface area (Å²) in [5, 5.41) is 0.521. The summed E-state index contributed by atoms with van der Waals surface area (Å²) >= 11 is 5.89. The first-order chi connectivity index (χ1) is 8.95. The van der Waals surface area contributed by atoms with Gasteiger partial charge in [-0.1, -0.05) is 17.7 Å². The Labute approximate surface area is 118 Å². The van der Waals surface area contributed by atoms with Crippen molar-refractivity contribution in [1.29, 1.82) is 0 Å². The van der Waals surface area contributed by atoms with Crippen molar-refractivity contribution < 1.29 is 14.3 Å². The average molecular weight is 284 g/mol. The molecule has 0 radical (unpaired) electrons. The Hall–Kier alpha value is -1.55. The second kappa shape index (κ2) is 7.14. The number of aryl methyl sites for hydroxylation is 1. The van der Waals surface area contributed by atoms with Crippen molar-refractivity contribution in [3.05, 3.63) is 34.3 Å². The van der Waals surface area contributed by atoms with E-state index in [4.69, 9.17) is 16.3 Å². The van der Waals surface area contributed by atoms with Crippen LogP contribution in [0.1, 0.15) is 29.3 Å². The molecule has 19 heavy (non-hydrogen) atoms. The Kier molecular flexibility index (Phi) is 5.83. The first-order valence-corrected chi connectivity index (χ1v) is 6.50. The molecule has 4 nitrogen and oxygen atoms in total. The summed E-state index contributed by atoms with van der Waals surface area (Å²) in [6, 6.07) is 5.18. The van der Waals surface area contributed by atoms with Crippen molar-refractivity contribution in [2.75, 3.05) is 20.2 Å². The fourth-order valence-electron chi connectivity index (χ4n) is 1.62. The molecule has 104 valence electrons. The van der Waals surface area contributed by atoms with E-state index in [0.29, 0.717) is 23.7 Å². The van der Waals surface area contributed by atoms with Crippen molar-refractivity contribution in [2.24, 2.45) is 0 Å². The summed E-state index contributed by atoms with van der Waals surface area (Å²) in [6.45, 7) is 4.28. The highest BCUT2D eigenvalue weighted by Crippen LogP contribution is 2.17. The van der Waals surface area contributed by atoms with Crippen LogP contribution in [-0.2, 0) is 9.53 Å². The van der Waals surface area contributed by atoms with Crippen molar-refractivity contribution >= 4 is 23.5 Å². The second-order valence-electron chi connectivity index (χ2n) is 4.24. The van der Waals surface area contributed by atoms with Gasteiger partial charge in [-0.25, -0.2) is 0 Å². The minimum absolute atomic E-state index is 0.149. The van der Waals surface area contributed by atoms with E-state index in [0.717, 1.165) is 5.56 Å². The Morgan fingerprint density at radius 2 is 2.05 bits per heavy atom. The van der Waals surface area contributed by atoms with Gasteiger partial charge in [0.15, 0.2) is 0 Å². The lowest BCUT2D eigenvalue weighted by Crippen LogP contribution is -2.30. The van der Waals surface area contributed by atoms with Gasteiger partial charge in [0, 0.05) is 24.2 Å². The molecule has 0 fully saturated rings. The van der Waals surface area contributed by atoms with Crippen LogP contribution in [0.5, 0.6) is 0 Å². The lowest BCUT2D eigenvalue weighted by Gasteiger charge is -2.18. The Morgan fingerprint density at radius 1 is 1.37 bits per heavy atom. The van der Waals surface area contributed by atoms with E-state index >= 15 is 0 Å². The van der Waals surface area contributed by atoms with Gasteiger partial charge < -0.3 is 9.64 Å². The molecule has 0 unspecified atom stereocenters. The van der Waals surface area contributed by atoms with E-state index in [1.807, 2.05) is 6.92 Å². The minimum Gasteiger partial charge on any atom is -0.466 e. The van der Waals surface area contributed by atoms with Crippen LogP contribution in [-0.4, -0.2) is 37.0 Å². The zero-order valence-electron chi connectivity index (χ0n) is 11.4. The van der Waals surface area contributed by atoms with Crippen LogP contribution in [0.4, 0.5) is 0 Å². The highest BCUT2D eigenvalue weighted by molar-refractivity contribution is 6.31. The van der Waals surface area contributed by atoms with E-state index in [2.05, 4.69) is 0 Å². The number of rotatable bonds is 5. The van der Waals surface area contributed by atoms with Crippen LogP contribution in [0.3, 0.4) is 0 Å². The summed E-state index contributed by atoms with van der Waals surface area (Å²) in [6.07, 6.45) is 0.190. The number of hydrogen-bond donors (Lipinski definition) is 0. The van der Waals surface area contributed by atoms with Gasteiger partial charge >= 0.3 is 5.97 Å². The van der Waals surface area contributed by atoms with Gasteiger partial charge in [0.05, 0.1) is 13.0 Å². The summed E-state index contributed by atoms with van der Waals surface area (Å²) < 4.78 is 4.82. The van der Waals surface area contributed by atoms with E-state index < -0.39 is 0 Å². The molecule has 1 aromatic rings. The van der Waals surface area contributed by atoms with Crippen molar-refractivity contribution in [3.8, 4) is 0 Å². The van der Waals surface area contributed by atoms with Crippen molar-refractivity contribution in [1.82, 2.24) is 4.90 Å². The standard InChI is InChI=1S/C14H18ClNO3/c1-4-19-13(17)7-8-16(3)14(18)12-9-11(15)6-5-10(12)2/h5-6,9H,4,7-8H2,1-3H3. The monoisotopic (exact) mass is 283 g/mol. The quantitative estimate of drug-likeness (QED) is 0.781. The number of hydrogen-bond acceptors (Lipinski definition) is 3. The molecule has 0 saturated carbocycles. The Bertz CT molecular complexity index is 474. The first-order valence-electron chi connectivity index (χ1n) is 6.13. The summed E-state index contributed by atoms with van der Waals surface area (Å²) in [4.78, 5) is 24.9. The number of halogens is 1. The van der Waals surface area contributed by atoms with Gasteiger partial charge in [-0.2, -0.15) is 0 Å². The number of amides is 1. The van der Waals surface area contributed by atoms with E-state index in [9.17, 15) is 9.59 Å². The lowest BCUT2D eigenvalue weighted by molar-refractivity contribution is -0.143. The smallest absolute Gasteiger partial charge is 0.307 e. The highest BCUT2D eigenvalue weighted by Gasteiger charge is 2.15. The summed E-state index contributed by atoms with van der Waals surface area (Å²) in [5.74, 6) is -0.450. The van der Waals surface area contributed by atoms with Crippen LogP contribution in [0.25, 0.3) is 0 Å². The predicted octanol–water partition coefficient (Wildman–Crippen LogP) is 2.67. The van der Waals surface area contributed by atoms with Gasteiger partial charge in [-0.3, -0.25) is 9.59 Å². The molecule has 1 amide bonds. The molecule has 0 atom stereocenters. The molecule has 0 bridgehead atoms. The molecule has 0 spiro atoms. The van der Waals surface area contributed by atoms with E-state index in [-0.39, 0.29) is 18.3 Å².